The second-order valence-electron chi connectivity index (χ2n) is 5.89. The van der Waals surface area contributed by atoms with Crippen LogP contribution in [-0.4, -0.2) is 31.5 Å². The first-order chi connectivity index (χ1) is 9.69. The molecule has 2 saturated heterocycles. The van der Waals surface area contributed by atoms with Crippen molar-refractivity contribution in [3.05, 3.63) is 28.8 Å². The van der Waals surface area contributed by atoms with E-state index in [1.807, 2.05) is 12.1 Å². The summed E-state index contributed by atoms with van der Waals surface area (Å²) < 4.78 is 11.5. The Morgan fingerprint density at radius 2 is 2.05 bits per heavy atom. The normalized spacial score (nSPS) is 25.6. The van der Waals surface area contributed by atoms with Crippen LogP contribution in [0.4, 0.5) is 5.69 Å². The zero-order valence-electron chi connectivity index (χ0n) is 12.0. The van der Waals surface area contributed by atoms with E-state index in [9.17, 15) is 0 Å². The quantitative estimate of drug-likeness (QED) is 0.900. The molecule has 3 nitrogen and oxygen atoms in total. The molecule has 20 heavy (non-hydrogen) atoms. The van der Waals surface area contributed by atoms with Gasteiger partial charge in [0.15, 0.2) is 0 Å². The summed E-state index contributed by atoms with van der Waals surface area (Å²) in [7, 11) is 0. The maximum Gasteiger partial charge on any atom is 0.0745 e. The van der Waals surface area contributed by atoms with Gasteiger partial charge in [-0.1, -0.05) is 17.7 Å². The lowest BCUT2D eigenvalue weighted by Crippen LogP contribution is -2.47. The maximum atomic E-state index is 6.19. The van der Waals surface area contributed by atoms with Crippen molar-refractivity contribution in [2.75, 3.05) is 25.1 Å². The van der Waals surface area contributed by atoms with Gasteiger partial charge in [-0.05, 0) is 50.3 Å². The number of halogens is 1. The predicted molar refractivity (Wildman–Crippen MR) is 81.6 cm³/mol. The van der Waals surface area contributed by atoms with Crippen LogP contribution in [0.2, 0.25) is 5.02 Å². The van der Waals surface area contributed by atoms with E-state index in [-0.39, 0.29) is 5.60 Å². The monoisotopic (exact) mass is 295 g/mol. The molecule has 1 N–H and O–H groups in total. The van der Waals surface area contributed by atoms with E-state index in [2.05, 4.69) is 18.3 Å². The second kappa shape index (κ2) is 5.92. The van der Waals surface area contributed by atoms with Gasteiger partial charge in [-0.25, -0.2) is 0 Å². The fraction of sp³-hybridized carbons (Fsp3) is 0.625. The Morgan fingerprint density at radius 3 is 2.85 bits per heavy atom. The zero-order chi connectivity index (χ0) is 14.0. The summed E-state index contributed by atoms with van der Waals surface area (Å²) in [5.74, 6) is 0. The second-order valence-corrected chi connectivity index (χ2v) is 6.30. The highest BCUT2D eigenvalue weighted by atomic mass is 35.5. The Hall–Kier alpha value is -0.770. The molecule has 4 heteroatoms. The van der Waals surface area contributed by atoms with Crippen LogP contribution in [0.25, 0.3) is 0 Å². The molecular weight excluding hydrogens is 274 g/mol. The van der Waals surface area contributed by atoms with E-state index in [4.69, 9.17) is 21.1 Å². The highest BCUT2D eigenvalue weighted by Gasteiger charge is 2.39. The summed E-state index contributed by atoms with van der Waals surface area (Å²) in [5.41, 5.74) is 2.30. The molecule has 0 aromatic heterocycles. The molecule has 2 aliphatic rings. The van der Waals surface area contributed by atoms with Crippen molar-refractivity contribution in [3.63, 3.8) is 0 Å². The van der Waals surface area contributed by atoms with Crippen LogP contribution < -0.4 is 5.32 Å². The van der Waals surface area contributed by atoms with Crippen LogP contribution >= 0.6 is 11.6 Å². The van der Waals surface area contributed by atoms with Gasteiger partial charge < -0.3 is 14.8 Å². The summed E-state index contributed by atoms with van der Waals surface area (Å²) in [6.07, 6.45) is 4.14. The van der Waals surface area contributed by atoms with Crippen molar-refractivity contribution < 1.29 is 9.47 Å². The number of nitrogens with one attached hydrogen (secondary N) is 1. The largest absolute Gasteiger partial charge is 0.382 e. The van der Waals surface area contributed by atoms with Gasteiger partial charge in [-0.2, -0.15) is 0 Å². The third-order valence-corrected chi connectivity index (χ3v) is 4.93. The van der Waals surface area contributed by atoms with E-state index < -0.39 is 0 Å². The first kappa shape index (κ1) is 14.2. The molecule has 1 aromatic rings. The van der Waals surface area contributed by atoms with Crippen molar-refractivity contribution in [2.45, 2.75) is 44.2 Å². The zero-order valence-corrected chi connectivity index (χ0v) is 12.7. The minimum Gasteiger partial charge on any atom is -0.382 e. The molecule has 1 unspecified atom stereocenters. The molecule has 2 aliphatic heterocycles. The third kappa shape index (κ3) is 2.95. The Bertz CT molecular complexity index is 466. The summed E-state index contributed by atoms with van der Waals surface area (Å²) in [6, 6.07) is 6.50. The van der Waals surface area contributed by atoms with E-state index >= 15 is 0 Å². The van der Waals surface area contributed by atoms with E-state index in [0.29, 0.717) is 6.04 Å². The minimum atomic E-state index is 0.0284. The number of ether oxygens (including phenoxy) is 2. The van der Waals surface area contributed by atoms with Gasteiger partial charge in [0.1, 0.15) is 0 Å². The van der Waals surface area contributed by atoms with Crippen LogP contribution in [0.1, 0.15) is 31.2 Å². The van der Waals surface area contributed by atoms with Gasteiger partial charge in [0.2, 0.25) is 0 Å². The molecular formula is C16H22ClNO2. The molecule has 0 radical (unpaired) electrons. The molecule has 0 bridgehead atoms. The highest BCUT2D eigenvalue weighted by molar-refractivity contribution is 6.31. The van der Waals surface area contributed by atoms with Crippen LogP contribution in [0.15, 0.2) is 18.2 Å². The van der Waals surface area contributed by atoms with Crippen molar-refractivity contribution >= 4 is 17.3 Å². The predicted octanol–water partition coefficient (Wildman–Crippen LogP) is 3.79. The van der Waals surface area contributed by atoms with Crippen LogP contribution in [0.5, 0.6) is 0 Å². The number of anilines is 1. The molecule has 110 valence electrons. The van der Waals surface area contributed by atoms with Gasteiger partial charge in [0, 0.05) is 36.6 Å². The average molecular weight is 296 g/mol. The average Bonchev–Trinajstić information content (AvgIpc) is 2.45. The van der Waals surface area contributed by atoms with Crippen LogP contribution in [0, 0.1) is 6.92 Å². The lowest BCUT2D eigenvalue weighted by Gasteiger charge is -2.43. The van der Waals surface area contributed by atoms with Crippen molar-refractivity contribution in [1.82, 2.24) is 0 Å². The Kier molecular flexibility index (Phi) is 4.20. The maximum absolute atomic E-state index is 6.19. The highest BCUT2D eigenvalue weighted by Crippen LogP contribution is 2.36. The van der Waals surface area contributed by atoms with Gasteiger partial charge in [0.25, 0.3) is 0 Å². The molecule has 3 rings (SSSR count). The van der Waals surface area contributed by atoms with Crippen molar-refractivity contribution in [3.8, 4) is 0 Å². The first-order valence-electron chi connectivity index (χ1n) is 7.42. The number of benzene rings is 1. The Morgan fingerprint density at radius 1 is 1.25 bits per heavy atom. The minimum absolute atomic E-state index is 0.0284. The van der Waals surface area contributed by atoms with Gasteiger partial charge in [0.05, 0.1) is 5.60 Å². The lowest BCUT2D eigenvalue weighted by molar-refractivity contribution is -0.135. The third-order valence-electron chi connectivity index (χ3n) is 4.52. The van der Waals surface area contributed by atoms with Gasteiger partial charge >= 0.3 is 0 Å². The molecule has 1 aromatic carbocycles. The Balaban J connectivity index is 1.69. The number of rotatable bonds is 2. The topological polar surface area (TPSA) is 30.5 Å². The van der Waals surface area contributed by atoms with E-state index in [1.54, 1.807) is 0 Å². The summed E-state index contributed by atoms with van der Waals surface area (Å²) in [5, 5.41) is 4.48. The molecule has 1 spiro atoms. The lowest BCUT2D eigenvalue weighted by atomic mass is 9.84. The SMILES string of the molecule is Cc1c(Cl)cccc1NC1CCOC2(CCOCC2)C1. The fourth-order valence-corrected chi connectivity index (χ4v) is 3.40. The van der Waals surface area contributed by atoms with E-state index in [1.165, 1.54) is 0 Å². The molecule has 2 fully saturated rings. The number of hydrogen-bond donors (Lipinski definition) is 1. The molecule has 0 amide bonds. The summed E-state index contributed by atoms with van der Waals surface area (Å²) >= 11 is 6.19. The van der Waals surface area contributed by atoms with E-state index in [0.717, 1.165) is 61.8 Å². The first-order valence-corrected chi connectivity index (χ1v) is 7.80. The standard InChI is InChI=1S/C16H22ClNO2/c1-12-14(17)3-2-4-15(12)18-13-5-8-20-16(11-13)6-9-19-10-7-16/h2-4,13,18H,5-11H2,1H3. The fourth-order valence-electron chi connectivity index (χ4n) is 3.23. The van der Waals surface area contributed by atoms with Gasteiger partial charge in [-0.15, -0.1) is 0 Å². The summed E-state index contributed by atoms with van der Waals surface area (Å²) in [4.78, 5) is 0. The summed E-state index contributed by atoms with van der Waals surface area (Å²) in [6.45, 7) is 4.54. The molecule has 1 atom stereocenters. The number of hydrogen-bond acceptors (Lipinski definition) is 3. The molecule has 0 saturated carbocycles. The van der Waals surface area contributed by atoms with Gasteiger partial charge in [-0.3, -0.25) is 0 Å². The molecule has 2 heterocycles. The van der Waals surface area contributed by atoms with Crippen molar-refractivity contribution in [2.24, 2.45) is 0 Å². The van der Waals surface area contributed by atoms with Crippen LogP contribution in [0.3, 0.4) is 0 Å². The van der Waals surface area contributed by atoms with Crippen molar-refractivity contribution in [1.29, 1.82) is 0 Å². The smallest absolute Gasteiger partial charge is 0.0745 e. The van der Waals surface area contributed by atoms with Crippen LogP contribution in [-0.2, 0) is 9.47 Å². The molecule has 0 aliphatic carbocycles. The Labute approximate surface area is 125 Å².